The first-order valence-electron chi connectivity index (χ1n) is 8.43. The van der Waals surface area contributed by atoms with Crippen LogP contribution in [0.5, 0.6) is 0 Å². The maximum absolute atomic E-state index is 12.7. The van der Waals surface area contributed by atoms with E-state index in [4.69, 9.17) is 4.74 Å². The summed E-state index contributed by atoms with van der Waals surface area (Å²) >= 11 is 0. The van der Waals surface area contributed by atoms with E-state index < -0.39 is 0 Å². The number of benzene rings is 1. The topological polar surface area (TPSA) is 41.6 Å². The first-order valence-corrected chi connectivity index (χ1v) is 8.43. The summed E-state index contributed by atoms with van der Waals surface area (Å²) in [6.45, 7) is 6.61. The van der Waals surface area contributed by atoms with E-state index in [0.29, 0.717) is 0 Å². The molecule has 2 amide bonds. The molecule has 22 heavy (non-hydrogen) atoms. The molecule has 0 spiro atoms. The number of ether oxygens (including phenoxy) is 1. The van der Waals surface area contributed by atoms with Gasteiger partial charge in [-0.15, -0.1) is 0 Å². The smallest absolute Gasteiger partial charge is 0.318 e. The van der Waals surface area contributed by atoms with Crippen LogP contribution in [0.25, 0.3) is 0 Å². The largest absolute Gasteiger partial charge is 0.381 e. The van der Waals surface area contributed by atoms with Crippen molar-refractivity contribution in [3.8, 4) is 0 Å². The van der Waals surface area contributed by atoms with Crippen LogP contribution in [-0.4, -0.2) is 36.7 Å². The molecule has 0 bridgehead atoms. The SMILES string of the molecule is CCC1c2ccc(C)cc2CCN1C(=O)NC1CCOCC1. The van der Waals surface area contributed by atoms with Crippen LogP contribution in [0.1, 0.15) is 48.9 Å². The number of hydrogen-bond acceptors (Lipinski definition) is 2. The Balaban J connectivity index is 1.73. The molecule has 1 N–H and O–H groups in total. The molecule has 1 saturated heterocycles. The minimum Gasteiger partial charge on any atom is -0.381 e. The molecule has 3 rings (SSSR count). The third-order valence-electron chi connectivity index (χ3n) is 4.85. The van der Waals surface area contributed by atoms with Gasteiger partial charge in [-0.25, -0.2) is 4.79 Å². The van der Waals surface area contributed by atoms with Crippen molar-refractivity contribution in [1.29, 1.82) is 0 Å². The van der Waals surface area contributed by atoms with Crippen LogP contribution >= 0.6 is 0 Å². The highest BCUT2D eigenvalue weighted by Gasteiger charge is 2.30. The van der Waals surface area contributed by atoms with Crippen molar-refractivity contribution in [2.75, 3.05) is 19.8 Å². The molecule has 1 fully saturated rings. The Bertz CT molecular complexity index is 538. The zero-order chi connectivity index (χ0) is 15.5. The Labute approximate surface area is 132 Å². The second-order valence-corrected chi connectivity index (χ2v) is 6.41. The van der Waals surface area contributed by atoms with Gasteiger partial charge in [-0.3, -0.25) is 0 Å². The van der Waals surface area contributed by atoms with Crippen LogP contribution in [0.15, 0.2) is 18.2 Å². The maximum atomic E-state index is 12.7. The highest BCUT2D eigenvalue weighted by atomic mass is 16.5. The first kappa shape index (κ1) is 15.3. The number of aryl methyl sites for hydroxylation is 1. The fourth-order valence-electron chi connectivity index (χ4n) is 3.62. The second-order valence-electron chi connectivity index (χ2n) is 6.41. The number of nitrogens with zero attached hydrogens (tertiary/aromatic N) is 1. The monoisotopic (exact) mass is 302 g/mol. The van der Waals surface area contributed by atoms with Crippen molar-refractivity contribution in [1.82, 2.24) is 10.2 Å². The van der Waals surface area contributed by atoms with Gasteiger partial charge in [0.2, 0.25) is 0 Å². The summed E-state index contributed by atoms with van der Waals surface area (Å²) in [6, 6.07) is 7.17. The second kappa shape index (κ2) is 6.69. The lowest BCUT2D eigenvalue weighted by atomic mass is 9.90. The van der Waals surface area contributed by atoms with E-state index in [2.05, 4.69) is 37.4 Å². The zero-order valence-electron chi connectivity index (χ0n) is 13.6. The van der Waals surface area contributed by atoms with Crippen molar-refractivity contribution in [2.45, 2.75) is 51.6 Å². The molecule has 1 aromatic rings. The summed E-state index contributed by atoms with van der Waals surface area (Å²) in [4.78, 5) is 14.7. The van der Waals surface area contributed by atoms with E-state index in [0.717, 1.165) is 45.4 Å². The van der Waals surface area contributed by atoms with Crippen molar-refractivity contribution in [3.05, 3.63) is 34.9 Å². The summed E-state index contributed by atoms with van der Waals surface area (Å²) < 4.78 is 5.36. The van der Waals surface area contributed by atoms with Gasteiger partial charge in [0.1, 0.15) is 0 Å². The van der Waals surface area contributed by atoms with Gasteiger partial charge in [-0.2, -0.15) is 0 Å². The van der Waals surface area contributed by atoms with Crippen molar-refractivity contribution in [2.24, 2.45) is 0 Å². The van der Waals surface area contributed by atoms with Crippen molar-refractivity contribution < 1.29 is 9.53 Å². The summed E-state index contributed by atoms with van der Waals surface area (Å²) in [5.74, 6) is 0. The third-order valence-corrected chi connectivity index (χ3v) is 4.85. The summed E-state index contributed by atoms with van der Waals surface area (Å²) in [5.41, 5.74) is 4.03. The van der Waals surface area contributed by atoms with E-state index in [1.54, 1.807) is 0 Å². The molecular formula is C18H26N2O2. The van der Waals surface area contributed by atoms with Gasteiger partial charge in [0.15, 0.2) is 0 Å². The Morgan fingerprint density at radius 2 is 2.14 bits per heavy atom. The van der Waals surface area contributed by atoms with Gasteiger partial charge in [0, 0.05) is 25.8 Å². The van der Waals surface area contributed by atoms with Gasteiger partial charge in [-0.05, 0) is 43.7 Å². The Hall–Kier alpha value is -1.55. The molecule has 2 aliphatic heterocycles. The summed E-state index contributed by atoms with van der Waals surface area (Å²) in [7, 11) is 0. The normalized spacial score (nSPS) is 22.3. The fourth-order valence-corrected chi connectivity index (χ4v) is 3.62. The number of urea groups is 1. The number of amides is 2. The molecule has 1 atom stereocenters. The van der Waals surface area contributed by atoms with Crippen LogP contribution in [0, 0.1) is 6.92 Å². The molecular weight excluding hydrogens is 276 g/mol. The lowest BCUT2D eigenvalue weighted by Gasteiger charge is -2.38. The van der Waals surface area contributed by atoms with E-state index in [1.807, 2.05) is 4.90 Å². The van der Waals surface area contributed by atoms with E-state index in [-0.39, 0.29) is 18.1 Å². The number of fused-ring (bicyclic) bond motifs is 1. The van der Waals surface area contributed by atoms with Crippen molar-refractivity contribution in [3.63, 3.8) is 0 Å². The van der Waals surface area contributed by atoms with Crippen LogP contribution in [0.4, 0.5) is 4.79 Å². The zero-order valence-corrected chi connectivity index (χ0v) is 13.6. The third kappa shape index (κ3) is 3.12. The quantitative estimate of drug-likeness (QED) is 0.911. The summed E-state index contributed by atoms with van der Waals surface area (Å²) in [5, 5.41) is 3.20. The van der Waals surface area contributed by atoms with Crippen LogP contribution in [0.3, 0.4) is 0 Å². The molecule has 2 heterocycles. The highest BCUT2D eigenvalue weighted by Crippen LogP contribution is 2.32. The number of hydrogen-bond donors (Lipinski definition) is 1. The van der Waals surface area contributed by atoms with Gasteiger partial charge >= 0.3 is 6.03 Å². The lowest BCUT2D eigenvalue weighted by molar-refractivity contribution is 0.0765. The molecule has 4 heteroatoms. The molecule has 0 saturated carbocycles. The molecule has 0 aliphatic carbocycles. The van der Waals surface area contributed by atoms with Gasteiger partial charge in [-0.1, -0.05) is 30.7 Å². The average molecular weight is 302 g/mol. The molecule has 4 nitrogen and oxygen atoms in total. The van der Waals surface area contributed by atoms with Gasteiger partial charge < -0.3 is 15.0 Å². The standard InChI is InChI=1S/C18H26N2O2/c1-3-17-16-5-4-13(2)12-14(16)6-9-20(17)18(21)19-15-7-10-22-11-8-15/h4-5,12,15,17H,3,6-11H2,1-2H3,(H,19,21). The fraction of sp³-hybridized carbons (Fsp3) is 0.611. The molecule has 0 aromatic heterocycles. The Morgan fingerprint density at radius 1 is 1.36 bits per heavy atom. The maximum Gasteiger partial charge on any atom is 0.318 e. The molecule has 120 valence electrons. The Kier molecular flexibility index (Phi) is 4.67. The van der Waals surface area contributed by atoms with Crippen LogP contribution < -0.4 is 5.32 Å². The molecule has 0 radical (unpaired) electrons. The highest BCUT2D eigenvalue weighted by molar-refractivity contribution is 5.75. The Morgan fingerprint density at radius 3 is 2.86 bits per heavy atom. The minimum atomic E-state index is 0.0879. The van der Waals surface area contributed by atoms with Gasteiger partial charge in [0.05, 0.1) is 6.04 Å². The predicted molar refractivity (Wildman–Crippen MR) is 87.0 cm³/mol. The molecule has 2 aliphatic rings. The van der Waals surface area contributed by atoms with E-state index in [9.17, 15) is 4.79 Å². The number of nitrogens with one attached hydrogen (secondary N) is 1. The predicted octanol–water partition coefficient (Wildman–Crippen LogP) is 3.19. The van der Waals surface area contributed by atoms with Crippen molar-refractivity contribution >= 4 is 6.03 Å². The molecule has 1 aromatic carbocycles. The van der Waals surface area contributed by atoms with Gasteiger partial charge in [0.25, 0.3) is 0 Å². The number of rotatable bonds is 2. The van der Waals surface area contributed by atoms with E-state index >= 15 is 0 Å². The van der Waals surface area contributed by atoms with E-state index in [1.165, 1.54) is 16.7 Å². The molecule has 1 unspecified atom stereocenters. The van der Waals surface area contributed by atoms with Crippen LogP contribution in [-0.2, 0) is 11.2 Å². The van der Waals surface area contributed by atoms with Crippen LogP contribution in [0.2, 0.25) is 0 Å². The number of carbonyl (C=O) groups is 1. The first-order chi connectivity index (χ1) is 10.7. The average Bonchev–Trinajstić information content (AvgIpc) is 2.54. The number of carbonyl (C=O) groups excluding carboxylic acids is 1. The summed E-state index contributed by atoms with van der Waals surface area (Å²) in [6.07, 6.45) is 3.75. The minimum absolute atomic E-state index is 0.0879. The lowest BCUT2D eigenvalue weighted by Crippen LogP contribution is -2.49.